The Kier molecular flexibility index (Phi) is 4.99. The molecule has 1 aliphatic carbocycles. The van der Waals surface area contributed by atoms with E-state index in [1.807, 2.05) is 6.92 Å². The van der Waals surface area contributed by atoms with Crippen molar-refractivity contribution in [2.75, 3.05) is 11.1 Å². The second-order valence-corrected chi connectivity index (χ2v) is 9.92. The van der Waals surface area contributed by atoms with Crippen LogP contribution >= 0.6 is 23.1 Å². The van der Waals surface area contributed by atoms with E-state index in [-0.39, 0.29) is 11.7 Å². The minimum atomic E-state index is -0.0631. The first-order valence-corrected chi connectivity index (χ1v) is 12.0. The molecule has 5 rings (SSSR count). The molecule has 154 valence electrons. The molecule has 0 bridgehead atoms. The Hall–Kier alpha value is -2.45. The molecule has 1 aliphatic rings. The van der Waals surface area contributed by atoms with E-state index in [2.05, 4.69) is 56.9 Å². The molecule has 1 amide bonds. The Morgan fingerprint density at radius 3 is 2.70 bits per heavy atom. The van der Waals surface area contributed by atoms with E-state index >= 15 is 0 Å². The summed E-state index contributed by atoms with van der Waals surface area (Å²) in [5.74, 6) is 0.206. The molecule has 0 spiro atoms. The number of fused-ring (bicyclic) bond motifs is 4. The average Bonchev–Trinajstić information content (AvgIpc) is 3.32. The van der Waals surface area contributed by atoms with E-state index in [1.54, 1.807) is 11.3 Å². The van der Waals surface area contributed by atoms with E-state index in [9.17, 15) is 4.79 Å². The van der Waals surface area contributed by atoms with Crippen molar-refractivity contribution < 1.29 is 4.79 Å². The van der Waals surface area contributed by atoms with Crippen molar-refractivity contribution in [1.82, 2.24) is 19.6 Å². The molecule has 3 heterocycles. The fourth-order valence-electron chi connectivity index (χ4n) is 3.96. The number of rotatable bonds is 4. The molecule has 0 saturated heterocycles. The highest BCUT2D eigenvalue weighted by atomic mass is 32.2. The van der Waals surface area contributed by atoms with Gasteiger partial charge < -0.3 is 5.32 Å². The molecule has 0 radical (unpaired) electrons. The number of nitrogens with one attached hydrogen (secondary N) is 1. The van der Waals surface area contributed by atoms with Gasteiger partial charge in [0.25, 0.3) is 0 Å². The molecule has 8 heteroatoms. The smallest absolute Gasteiger partial charge is 0.236 e. The van der Waals surface area contributed by atoms with Crippen LogP contribution in [0.25, 0.3) is 16.6 Å². The van der Waals surface area contributed by atoms with Gasteiger partial charge in [0.2, 0.25) is 5.91 Å². The third-order valence-corrected chi connectivity index (χ3v) is 7.67. The van der Waals surface area contributed by atoms with Gasteiger partial charge in [-0.2, -0.15) is 0 Å². The summed E-state index contributed by atoms with van der Waals surface area (Å²) in [6.07, 6.45) is 4.50. The van der Waals surface area contributed by atoms with Gasteiger partial charge in [-0.1, -0.05) is 11.8 Å². The fraction of sp³-hybridized carbons (Fsp3) is 0.364. The molecule has 1 N–H and O–H groups in total. The molecule has 0 fully saturated rings. The molecule has 0 atom stereocenters. The Balaban J connectivity index is 1.39. The SMILES string of the molecule is Cc1cc2cc(C)c3nnc(SCC(=O)Nc4nc5c(s4)CCCC5)n3c2cc1C. The van der Waals surface area contributed by atoms with Crippen molar-refractivity contribution in [1.29, 1.82) is 0 Å². The van der Waals surface area contributed by atoms with Crippen LogP contribution < -0.4 is 5.32 Å². The summed E-state index contributed by atoms with van der Waals surface area (Å²) >= 11 is 3.02. The topological polar surface area (TPSA) is 72.2 Å². The number of thiazole rings is 1. The lowest BCUT2D eigenvalue weighted by atomic mass is 10.0. The van der Waals surface area contributed by atoms with Crippen molar-refractivity contribution in [3.05, 3.63) is 45.5 Å². The van der Waals surface area contributed by atoms with E-state index < -0.39 is 0 Å². The molecular formula is C22H23N5OS2. The van der Waals surface area contributed by atoms with Gasteiger partial charge in [-0.15, -0.1) is 21.5 Å². The zero-order chi connectivity index (χ0) is 20.8. The van der Waals surface area contributed by atoms with Gasteiger partial charge in [0, 0.05) is 4.88 Å². The highest BCUT2D eigenvalue weighted by Crippen LogP contribution is 2.30. The first kappa shape index (κ1) is 19.5. The number of carbonyl (C=O) groups is 1. The van der Waals surface area contributed by atoms with Gasteiger partial charge >= 0.3 is 0 Å². The lowest BCUT2D eigenvalue weighted by Gasteiger charge is -2.09. The largest absolute Gasteiger partial charge is 0.301 e. The molecule has 4 aromatic rings. The van der Waals surface area contributed by atoms with Gasteiger partial charge in [0.05, 0.1) is 17.0 Å². The first-order chi connectivity index (χ1) is 14.5. The maximum absolute atomic E-state index is 12.6. The van der Waals surface area contributed by atoms with E-state index in [0.717, 1.165) is 45.8 Å². The fourth-order valence-corrected chi connectivity index (χ4v) is 5.77. The predicted octanol–water partition coefficient (Wildman–Crippen LogP) is 4.87. The summed E-state index contributed by atoms with van der Waals surface area (Å²) in [4.78, 5) is 18.5. The van der Waals surface area contributed by atoms with Crippen molar-refractivity contribution in [3.63, 3.8) is 0 Å². The number of nitrogens with zero attached hydrogens (tertiary/aromatic N) is 4. The van der Waals surface area contributed by atoms with Crippen LogP contribution in [-0.2, 0) is 17.6 Å². The minimum absolute atomic E-state index is 0.0631. The molecule has 3 aromatic heterocycles. The van der Waals surface area contributed by atoms with Gasteiger partial charge in [0.1, 0.15) is 0 Å². The predicted molar refractivity (Wildman–Crippen MR) is 123 cm³/mol. The standard InChI is InChI=1S/C22H23N5OS2/c1-12-8-15-9-14(3)20-25-26-22(27(20)17(15)10-13(12)2)29-11-19(28)24-21-23-16-6-4-5-7-18(16)30-21/h8-10H,4-7,11H2,1-3H3,(H,23,24,28). The van der Waals surface area contributed by atoms with E-state index in [1.165, 1.54) is 40.6 Å². The van der Waals surface area contributed by atoms with Crippen LogP contribution in [0, 0.1) is 20.8 Å². The molecule has 0 aliphatic heterocycles. The molecular weight excluding hydrogens is 414 g/mol. The molecule has 30 heavy (non-hydrogen) atoms. The number of amides is 1. The summed E-state index contributed by atoms with van der Waals surface area (Å²) in [7, 11) is 0. The number of benzene rings is 1. The van der Waals surface area contributed by atoms with Gasteiger partial charge in [-0.05, 0) is 86.7 Å². The van der Waals surface area contributed by atoms with Crippen molar-refractivity contribution >= 4 is 50.7 Å². The quantitative estimate of drug-likeness (QED) is 0.461. The van der Waals surface area contributed by atoms with Crippen LogP contribution in [-0.4, -0.2) is 31.2 Å². The monoisotopic (exact) mass is 437 g/mol. The Labute approximate surface area is 183 Å². The Bertz CT molecular complexity index is 1270. The average molecular weight is 438 g/mol. The highest BCUT2D eigenvalue weighted by molar-refractivity contribution is 7.99. The van der Waals surface area contributed by atoms with Crippen LogP contribution in [0.4, 0.5) is 5.13 Å². The van der Waals surface area contributed by atoms with Crippen molar-refractivity contribution in [2.45, 2.75) is 51.6 Å². The number of aromatic nitrogens is 4. The summed E-state index contributed by atoms with van der Waals surface area (Å²) < 4.78 is 2.07. The minimum Gasteiger partial charge on any atom is -0.301 e. The highest BCUT2D eigenvalue weighted by Gasteiger charge is 2.18. The number of hydrogen-bond acceptors (Lipinski definition) is 6. The second kappa shape index (κ2) is 7.67. The lowest BCUT2D eigenvalue weighted by Crippen LogP contribution is -2.14. The molecule has 0 saturated carbocycles. The Morgan fingerprint density at radius 1 is 1.10 bits per heavy atom. The molecule has 6 nitrogen and oxygen atoms in total. The van der Waals surface area contributed by atoms with E-state index in [0.29, 0.717) is 5.13 Å². The third-order valence-electron chi connectivity index (χ3n) is 5.67. The van der Waals surface area contributed by atoms with Gasteiger partial charge in [-0.25, -0.2) is 4.98 Å². The number of thioether (sulfide) groups is 1. The van der Waals surface area contributed by atoms with Crippen molar-refractivity contribution in [3.8, 4) is 0 Å². The first-order valence-electron chi connectivity index (χ1n) is 10.2. The second-order valence-electron chi connectivity index (χ2n) is 7.90. The number of aryl methyl sites for hydroxylation is 5. The van der Waals surface area contributed by atoms with Crippen LogP contribution in [0.2, 0.25) is 0 Å². The van der Waals surface area contributed by atoms with E-state index in [4.69, 9.17) is 0 Å². The summed E-state index contributed by atoms with van der Waals surface area (Å²) in [6, 6.07) is 6.52. The zero-order valence-corrected chi connectivity index (χ0v) is 18.9. The molecule has 0 unspecified atom stereocenters. The Morgan fingerprint density at radius 2 is 1.87 bits per heavy atom. The van der Waals surface area contributed by atoms with Crippen LogP contribution in [0.3, 0.4) is 0 Å². The van der Waals surface area contributed by atoms with Gasteiger partial charge in [0.15, 0.2) is 15.9 Å². The normalized spacial score (nSPS) is 13.7. The van der Waals surface area contributed by atoms with Crippen LogP contribution in [0.1, 0.15) is 40.1 Å². The van der Waals surface area contributed by atoms with Crippen LogP contribution in [0.15, 0.2) is 23.4 Å². The maximum atomic E-state index is 12.6. The number of hydrogen-bond donors (Lipinski definition) is 1. The number of anilines is 1. The lowest BCUT2D eigenvalue weighted by molar-refractivity contribution is -0.113. The number of carbonyl (C=O) groups excluding carboxylic acids is 1. The number of pyridine rings is 1. The summed E-state index contributed by atoms with van der Waals surface area (Å²) in [5, 5.41) is 14.3. The maximum Gasteiger partial charge on any atom is 0.236 e. The summed E-state index contributed by atoms with van der Waals surface area (Å²) in [5.41, 5.74) is 6.62. The zero-order valence-electron chi connectivity index (χ0n) is 17.3. The molecule has 1 aromatic carbocycles. The van der Waals surface area contributed by atoms with Gasteiger partial charge in [-0.3, -0.25) is 9.20 Å². The third kappa shape index (κ3) is 3.48. The van der Waals surface area contributed by atoms with Crippen LogP contribution in [0.5, 0.6) is 0 Å². The van der Waals surface area contributed by atoms with Crippen molar-refractivity contribution in [2.24, 2.45) is 0 Å². The summed E-state index contributed by atoms with van der Waals surface area (Å²) in [6.45, 7) is 6.28.